The van der Waals surface area contributed by atoms with E-state index in [1.807, 2.05) is 24.3 Å². The molecule has 2 aliphatic rings. The molecule has 0 saturated carbocycles. The van der Waals surface area contributed by atoms with Crippen LogP contribution in [0.4, 0.5) is 0 Å². The molecule has 126 valence electrons. The highest BCUT2D eigenvalue weighted by atomic mass is 16.2. The zero-order chi connectivity index (χ0) is 16.3. The minimum Gasteiger partial charge on any atom is -0.356 e. The van der Waals surface area contributed by atoms with Gasteiger partial charge in [0.15, 0.2) is 0 Å². The molecule has 0 atom stereocenters. The fourth-order valence-electron chi connectivity index (χ4n) is 2.86. The second kappa shape index (κ2) is 10.0. The highest BCUT2D eigenvalue weighted by Crippen LogP contribution is 2.08. The van der Waals surface area contributed by atoms with Crippen LogP contribution in [0.1, 0.15) is 56.1 Å². The maximum atomic E-state index is 11.9. The average Bonchev–Trinajstić information content (AvgIpc) is 2.54. The van der Waals surface area contributed by atoms with Crippen molar-refractivity contribution in [3.05, 3.63) is 35.4 Å². The largest absolute Gasteiger partial charge is 0.356 e. The molecule has 2 amide bonds. The van der Waals surface area contributed by atoms with E-state index in [1.54, 1.807) is 0 Å². The molecule has 0 fully saturated rings. The van der Waals surface area contributed by atoms with Crippen LogP contribution in [0.3, 0.4) is 0 Å². The third kappa shape index (κ3) is 7.31. The van der Waals surface area contributed by atoms with Crippen molar-refractivity contribution < 1.29 is 9.59 Å². The first kappa shape index (κ1) is 17.5. The molecule has 2 bridgehead atoms. The van der Waals surface area contributed by atoms with E-state index in [0.29, 0.717) is 12.8 Å². The molecule has 1 aromatic rings. The molecule has 0 aromatic heterocycles. The summed E-state index contributed by atoms with van der Waals surface area (Å²) in [5.41, 5.74) is 1.98. The molecule has 0 radical (unpaired) electrons. The van der Waals surface area contributed by atoms with Gasteiger partial charge in [0.05, 0.1) is 12.8 Å². The zero-order valence-corrected chi connectivity index (χ0v) is 13.9. The number of fused-ring (bicyclic) bond motifs is 16. The van der Waals surface area contributed by atoms with Crippen LogP contribution < -0.4 is 10.6 Å². The summed E-state index contributed by atoms with van der Waals surface area (Å²) in [4.78, 5) is 23.8. The van der Waals surface area contributed by atoms with Gasteiger partial charge in [-0.3, -0.25) is 9.59 Å². The van der Waals surface area contributed by atoms with Gasteiger partial charge in [-0.15, -0.1) is 0 Å². The van der Waals surface area contributed by atoms with Crippen molar-refractivity contribution in [3.63, 3.8) is 0 Å². The fraction of sp³-hybridized carbons (Fsp3) is 0.579. The standard InChI is InChI=1S/C19H28N2O2/c22-18-14-16-8-10-17(11-9-16)15-19(23)21-13-7-5-3-1-2-4-6-12-20-18/h8-11H,1-7,12-15H2,(H,20,22)(H,21,23). The molecule has 1 aromatic carbocycles. The first-order valence-corrected chi connectivity index (χ1v) is 8.85. The SMILES string of the molecule is O=C1Cc2ccc(cc2)CC(=O)NCCCCCCCCCN1. The number of benzene rings is 1. The molecule has 2 heterocycles. The Balaban J connectivity index is 1.90. The van der Waals surface area contributed by atoms with Gasteiger partial charge >= 0.3 is 0 Å². The fourth-order valence-corrected chi connectivity index (χ4v) is 2.86. The number of carbonyl (C=O) groups excluding carboxylic acids is 2. The highest BCUT2D eigenvalue weighted by Gasteiger charge is 2.06. The molecule has 23 heavy (non-hydrogen) atoms. The van der Waals surface area contributed by atoms with Gasteiger partial charge in [-0.2, -0.15) is 0 Å². The van der Waals surface area contributed by atoms with E-state index in [2.05, 4.69) is 10.6 Å². The predicted octanol–water partition coefficient (Wildman–Crippen LogP) is 2.75. The summed E-state index contributed by atoms with van der Waals surface area (Å²) in [6.45, 7) is 1.55. The highest BCUT2D eigenvalue weighted by molar-refractivity contribution is 5.79. The van der Waals surface area contributed by atoms with Crippen LogP contribution in [0.25, 0.3) is 0 Å². The first-order chi connectivity index (χ1) is 11.2. The molecule has 4 heteroatoms. The monoisotopic (exact) mass is 316 g/mol. The number of carbonyl (C=O) groups is 2. The van der Waals surface area contributed by atoms with E-state index >= 15 is 0 Å². The third-order valence-corrected chi connectivity index (χ3v) is 4.25. The number of amides is 2. The maximum Gasteiger partial charge on any atom is 0.224 e. The van der Waals surface area contributed by atoms with Crippen LogP contribution in [-0.2, 0) is 22.4 Å². The van der Waals surface area contributed by atoms with Gasteiger partial charge in [-0.25, -0.2) is 0 Å². The predicted molar refractivity (Wildman–Crippen MR) is 92.2 cm³/mol. The summed E-state index contributed by atoms with van der Waals surface area (Å²) in [7, 11) is 0. The lowest BCUT2D eigenvalue weighted by atomic mass is 10.1. The minimum atomic E-state index is 0.0772. The van der Waals surface area contributed by atoms with E-state index < -0.39 is 0 Å². The third-order valence-electron chi connectivity index (χ3n) is 4.25. The molecule has 2 aliphatic heterocycles. The van der Waals surface area contributed by atoms with Crippen molar-refractivity contribution in [1.82, 2.24) is 10.6 Å². The molecule has 2 N–H and O–H groups in total. The summed E-state index contributed by atoms with van der Waals surface area (Å²) in [6.07, 6.45) is 8.97. The van der Waals surface area contributed by atoms with Gasteiger partial charge in [-0.05, 0) is 24.0 Å². The van der Waals surface area contributed by atoms with Gasteiger partial charge in [0.1, 0.15) is 0 Å². The van der Waals surface area contributed by atoms with E-state index in [9.17, 15) is 9.59 Å². The van der Waals surface area contributed by atoms with E-state index in [0.717, 1.165) is 37.1 Å². The number of rotatable bonds is 0. The Bertz CT molecular complexity index is 452. The summed E-state index contributed by atoms with van der Waals surface area (Å²) in [5, 5.41) is 5.97. The van der Waals surface area contributed by atoms with Gasteiger partial charge in [-0.1, -0.05) is 56.4 Å². The van der Waals surface area contributed by atoms with E-state index in [4.69, 9.17) is 0 Å². The molecule has 4 nitrogen and oxygen atoms in total. The Morgan fingerprint density at radius 3 is 1.30 bits per heavy atom. The molecular weight excluding hydrogens is 288 g/mol. The first-order valence-electron chi connectivity index (χ1n) is 8.85. The molecule has 0 unspecified atom stereocenters. The molecule has 0 saturated heterocycles. The van der Waals surface area contributed by atoms with Crippen molar-refractivity contribution in [3.8, 4) is 0 Å². The van der Waals surface area contributed by atoms with Crippen molar-refractivity contribution in [2.24, 2.45) is 0 Å². The lowest BCUT2D eigenvalue weighted by molar-refractivity contribution is -0.121. The Kier molecular flexibility index (Phi) is 7.64. The van der Waals surface area contributed by atoms with Crippen LogP contribution in [0, 0.1) is 0 Å². The smallest absolute Gasteiger partial charge is 0.224 e. The van der Waals surface area contributed by atoms with Crippen molar-refractivity contribution in [2.45, 2.75) is 57.8 Å². The normalized spacial score (nSPS) is 19.1. The molecule has 3 rings (SSSR count). The average molecular weight is 316 g/mol. The summed E-state index contributed by atoms with van der Waals surface area (Å²) in [6, 6.07) is 7.76. The Morgan fingerprint density at radius 1 is 0.565 bits per heavy atom. The Labute approximate surface area is 139 Å². The summed E-state index contributed by atoms with van der Waals surface area (Å²) >= 11 is 0. The van der Waals surface area contributed by atoms with Crippen LogP contribution >= 0.6 is 0 Å². The van der Waals surface area contributed by atoms with Crippen molar-refractivity contribution in [1.29, 1.82) is 0 Å². The number of hydrogen-bond donors (Lipinski definition) is 2. The van der Waals surface area contributed by atoms with Crippen LogP contribution in [0.5, 0.6) is 0 Å². The van der Waals surface area contributed by atoms with Crippen LogP contribution in [-0.4, -0.2) is 24.9 Å². The van der Waals surface area contributed by atoms with E-state index in [-0.39, 0.29) is 11.8 Å². The topological polar surface area (TPSA) is 58.2 Å². The second-order valence-corrected chi connectivity index (χ2v) is 6.34. The molecular formula is C19H28N2O2. The lowest BCUT2D eigenvalue weighted by Gasteiger charge is -2.07. The van der Waals surface area contributed by atoms with Crippen LogP contribution in [0.15, 0.2) is 24.3 Å². The van der Waals surface area contributed by atoms with Gasteiger partial charge < -0.3 is 10.6 Å². The zero-order valence-electron chi connectivity index (χ0n) is 13.9. The van der Waals surface area contributed by atoms with Crippen molar-refractivity contribution >= 4 is 11.8 Å². The summed E-state index contributed by atoms with van der Waals surface area (Å²) in [5.74, 6) is 0.154. The maximum absolute atomic E-state index is 11.9. The van der Waals surface area contributed by atoms with Crippen LogP contribution in [0.2, 0.25) is 0 Å². The lowest BCUT2D eigenvalue weighted by Crippen LogP contribution is -2.26. The Hall–Kier alpha value is -1.84. The second-order valence-electron chi connectivity index (χ2n) is 6.34. The van der Waals surface area contributed by atoms with E-state index in [1.165, 1.54) is 32.1 Å². The van der Waals surface area contributed by atoms with Gasteiger partial charge in [0.25, 0.3) is 0 Å². The Morgan fingerprint density at radius 2 is 0.913 bits per heavy atom. The quantitative estimate of drug-likeness (QED) is 0.773. The minimum absolute atomic E-state index is 0.0772. The van der Waals surface area contributed by atoms with Gasteiger partial charge in [0, 0.05) is 13.1 Å². The molecule has 0 spiro atoms. The van der Waals surface area contributed by atoms with Crippen molar-refractivity contribution in [2.75, 3.05) is 13.1 Å². The van der Waals surface area contributed by atoms with Gasteiger partial charge in [0.2, 0.25) is 11.8 Å². The summed E-state index contributed by atoms with van der Waals surface area (Å²) < 4.78 is 0. The number of nitrogens with one attached hydrogen (secondary N) is 2. The number of hydrogen-bond acceptors (Lipinski definition) is 2. The molecule has 0 aliphatic carbocycles.